The van der Waals surface area contributed by atoms with Crippen molar-refractivity contribution in [2.45, 2.75) is 38.6 Å². The number of amides is 1. The minimum atomic E-state index is -0.874. The average Bonchev–Trinajstić information content (AvgIpc) is 2.16. The highest BCUT2D eigenvalue weighted by atomic mass is 16.4. The maximum Gasteiger partial charge on any atom is 0.326 e. The summed E-state index contributed by atoms with van der Waals surface area (Å²) in [6.45, 7) is 2.36. The molecule has 0 unspecified atom stereocenters. The fourth-order valence-electron chi connectivity index (χ4n) is 1.69. The first-order valence-electron chi connectivity index (χ1n) is 4.69. The number of hydrogen-bond acceptors (Lipinski definition) is 2. The highest BCUT2D eigenvalue weighted by molar-refractivity contribution is 5.83. The van der Waals surface area contributed by atoms with E-state index in [-0.39, 0.29) is 5.91 Å². The molecule has 1 N–H and O–H groups in total. The summed E-state index contributed by atoms with van der Waals surface area (Å²) >= 11 is 0. The van der Waals surface area contributed by atoms with Gasteiger partial charge in [-0.3, -0.25) is 4.79 Å². The van der Waals surface area contributed by atoms with Gasteiger partial charge in [0.25, 0.3) is 0 Å². The van der Waals surface area contributed by atoms with Crippen molar-refractivity contribution in [2.24, 2.45) is 0 Å². The summed E-state index contributed by atoms with van der Waals surface area (Å²) in [4.78, 5) is 23.6. The Balaban J connectivity index is 2.67. The monoisotopic (exact) mass is 185 g/mol. The van der Waals surface area contributed by atoms with Crippen molar-refractivity contribution in [2.75, 3.05) is 6.54 Å². The molecule has 0 spiro atoms. The van der Waals surface area contributed by atoms with Crippen LogP contribution in [0.3, 0.4) is 0 Å². The number of hydrogen-bond donors (Lipinski definition) is 1. The Bertz CT molecular complexity index is 215. The lowest BCUT2D eigenvalue weighted by Crippen LogP contribution is -2.47. The van der Waals surface area contributed by atoms with Gasteiger partial charge in [0.15, 0.2) is 0 Å². The van der Waals surface area contributed by atoms with Crippen molar-refractivity contribution >= 4 is 11.9 Å². The van der Waals surface area contributed by atoms with E-state index in [0.717, 1.165) is 12.8 Å². The summed E-state index contributed by atoms with van der Waals surface area (Å²) in [5.74, 6) is -0.923. The van der Waals surface area contributed by atoms with Crippen molar-refractivity contribution in [3.8, 4) is 0 Å². The number of nitrogens with zero attached hydrogens (tertiary/aromatic N) is 1. The molecule has 1 heterocycles. The molecule has 0 aromatic rings. The topological polar surface area (TPSA) is 57.6 Å². The lowest BCUT2D eigenvalue weighted by atomic mass is 10.0. The lowest BCUT2D eigenvalue weighted by Gasteiger charge is -2.32. The van der Waals surface area contributed by atoms with Gasteiger partial charge in [0.1, 0.15) is 6.04 Å². The molecule has 1 atom stereocenters. The second-order valence-electron chi connectivity index (χ2n) is 3.29. The molecule has 1 amide bonds. The molecular weight excluding hydrogens is 170 g/mol. The Morgan fingerprint density at radius 3 is 2.69 bits per heavy atom. The van der Waals surface area contributed by atoms with Gasteiger partial charge in [0.2, 0.25) is 5.91 Å². The number of aliphatic carboxylic acids is 1. The van der Waals surface area contributed by atoms with Gasteiger partial charge < -0.3 is 10.0 Å². The number of carbonyl (C=O) groups is 2. The smallest absolute Gasteiger partial charge is 0.326 e. The Morgan fingerprint density at radius 2 is 2.15 bits per heavy atom. The van der Waals surface area contributed by atoms with Crippen LogP contribution in [-0.2, 0) is 9.59 Å². The van der Waals surface area contributed by atoms with E-state index in [4.69, 9.17) is 5.11 Å². The fraction of sp³-hybridized carbons (Fsp3) is 0.778. The molecule has 0 radical (unpaired) electrons. The largest absolute Gasteiger partial charge is 0.480 e. The van der Waals surface area contributed by atoms with Gasteiger partial charge in [0, 0.05) is 13.0 Å². The van der Waals surface area contributed by atoms with Crippen LogP contribution < -0.4 is 0 Å². The van der Waals surface area contributed by atoms with Gasteiger partial charge in [-0.2, -0.15) is 0 Å². The van der Waals surface area contributed by atoms with E-state index in [9.17, 15) is 9.59 Å². The average molecular weight is 185 g/mol. The third-order valence-electron chi connectivity index (χ3n) is 2.41. The van der Waals surface area contributed by atoms with E-state index >= 15 is 0 Å². The minimum Gasteiger partial charge on any atom is -0.480 e. The Kier molecular flexibility index (Phi) is 3.28. The zero-order chi connectivity index (χ0) is 9.84. The third-order valence-corrected chi connectivity index (χ3v) is 2.41. The number of carboxylic acids is 1. The summed E-state index contributed by atoms with van der Waals surface area (Å²) in [5.41, 5.74) is 0. The number of likely N-dealkylation sites (tertiary alicyclic amines) is 1. The second kappa shape index (κ2) is 4.25. The van der Waals surface area contributed by atoms with Crippen LogP contribution in [0.4, 0.5) is 0 Å². The standard InChI is InChI=1S/C9H15NO3/c1-2-8(11)10-6-4-3-5-7(10)9(12)13/h7H,2-6H2,1H3,(H,12,13)/t7-/m1/s1. The molecule has 1 saturated heterocycles. The van der Waals surface area contributed by atoms with Gasteiger partial charge in [-0.1, -0.05) is 6.92 Å². The molecule has 0 saturated carbocycles. The van der Waals surface area contributed by atoms with Crippen LogP contribution in [0.2, 0.25) is 0 Å². The SMILES string of the molecule is CCC(=O)N1CCCC[C@@H]1C(=O)O. The molecule has 4 heteroatoms. The fourth-order valence-corrected chi connectivity index (χ4v) is 1.69. The Morgan fingerprint density at radius 1 is 1.46 bits per heavy atom. The van der Waals surface area contributed by atoms with Crippen LogP contribution in [0.15, 0.2) is 0 Å². The van der Waals surface area contributed by atoms with Crippen molar-refractivity contribution < 1.29 is 14.7 Å². The molecule has 74 valence electrons. The lowest BCUT2D eigenvalue weighted by molar-refractivity contribution is -0.151. The normalized spacial score (nSPS) is 22.8. The molecule has 0 aromatic carbocycles. The van der Waals surface area contributed by atoms with Gasteiger partial charge in [0.05, 0.1) is 0 Å². The molecule has 0 bridgehead atoms. The van der Waals surface area contributed by atoms with E-state index in [1.165, 1.54) is 4.90 Å². The van der Waals surface area contributed by atoms with Gasteiger partial charge in [-0.15, -0.1) is 0 Å². The zero-order valence-corrected chi connectivity index (χ0v) is 7.82. The molecule has 13 heavy (non-hydrogen) atoms. The third kappa shape index (κ3) is 2.20. The van der Waals surface area contributed by atoms with Crippen LogP contribution >= 0.6 is 0 Å². The number of carboxylic acid groups (broad SMARTS) is 1. The van der Waals surface area contributed by atoms with Crippen molar-refractivity contribution in [1.29, 1.82) is 0 Å². The molecule has 1 aliphatic heterocycles. The first kappa shape index (κ1) is 10.0. The van der Waals surface area contributed by atoms with E-state index in [2.05, 4.69) is 0 Å². The summed E-state index contributed by atoms with van der Waals surface area (Å²) in [6.07, 6.45) is 2.82. The summed E-state index contributed by atoms with van der Waals surface area (Å²) < 4.78 is 0. The molecule has 1 aliphatic rings. The first-order chi connectivity index (χ1) is 6.16. The molecular formula is C9H15NO3. The Hall–Kier alpha value is -1.06. The van der Waals surface area contributed by atoms with E-state index in [0.29, 0.717) is 19.4 Å². The summed E-state index contributed by atoms with van der Waals surface area (Å²) in [6, 6.07) is -0.582. The predicted molar refractivity (Wildman–Crippen MR) is 47.3 cm³/mol. The molecule has 0 aliphatic carbocycles. The van der Waals surface area contributed by atoms with Crippen LogP contribution in [0.1, 0.15) is 32.6 Å². The first-order valence-corrected chi connectivity index (χ1v) is 4.69. The highest BCUT2D eigenvalue weighted by Crippen LogP contribution is 2.17. The quantitative estimate of drug-likeness (QED) is 0.694. The number of rotatable bonds is 2. The van der Waals surface area contributed by atoms with Crippen LogP contribution in [0.25, 0.3) is 0 Å². The second-order valence-corrected chi connectivity index (χ2v) is 3.29. The van der Waals surface area contributed by atoms with Crippen LogP contribution in [0, 0.1) is 0 Å². The van der Waals surface area contributed by atoms with Crippen molar-refractivity contribution in [3.63, 3.8) is 0 Å². The van der Waals surface area contributed by atoms with Gasteiger partial charge in [-0.05, 0) is 19.3 Å². The maximum atomic E-state index is 11.3. The molecule has 1 rings (SSSR count). The predicted octanol–water partition coefficient (Wildman–Crippen LogP) is 0.862. The van der Waals surface area contributed by atoms with Crippen LogP contribution in [0.5, 0.6) is 0 Å². The summed E-state index contributed by atoms with van der Waals surface area (Å²) in [7, 11) is 0. The van der Waals surface area contributed by atoms with E-state index < -0.39 is 12.0 Å². The van der Waals surface area contributed by atoms with Gasteiger partial charge >= 0.3 is 5.97 Å². The molecule has 1 fully saturated rings. The number of piperidine rings is 1. The Labute approximate surface area is 77.5 Å². The summed E-state index contributed by atoms with van der Waals surface area (Å²) in [5, 5.41) is 8.86. The minimum absolute atomic E-state index is 0.0490. The van der Waals surface area contributed by atoms with Crippen molar-refractivity contribution in [1.82, 2.24) is 4.90 Å². The molecule has 0 aromatic heterocycles. The van der Waals surface area contributed by atoms with E-state index in [1.54, 1.807) is 6.92 Å². The molecule has 4 nitrogen and oxygen atoms in total. The highest BCUT2D eigenvalue weighted by Gasteiger charge is 2.30. The van der Waals surface area contributed by atoms with E-state index in [1.807, 2.05) is 0 Å². The number of carbonyl (C=O) groups excluding carboxylic acids is 1. The van der Waals surface area contributed by atoms with Gasteiger partial charge in [-0.25, -0.2) is 4.79 Å². The van der Waals surface area contributed by atoms with Crippen LogP contribution in [-0.4, -0.2) is 34.5 Å². The van der Waals surface area contributed by atoms with Crippen molar-refractivity contribution in [3.05, 3.63) is 0 Å². The zero-order valence-electron chi connectivity index (χ0n) is 7.82. The maximum absolute atomic E-state index is 11.3.